The number of carbonyl (C=O) groups is 2. The van der Waals surface area contributed by atoms with Gasteiger partial charge >= 0.3 is 0 Å². The number of benzene rings is 3. The summed E-state index contributed by atoms with van der Waals surface area (Å²) in [5, 5.41) is 11.8. The van der Waals surface area contributed by atoms with Crippen LogP contribution in [0.2, 0.25) is 0 Å². The van der Waals surface area contributed by atoms with Crippen LogP contribution < -0.4 is 4.90 Å². The first-order chi connectivity index (χ1) is 15.6. The molecule has 170 valence electrons. The SMILES string of the molecule is Cc1c(C)c(C)c(C(=O)CC2(O)C(=O)N(Cc3ccccc3)c3ccc(Br)cc32)c(C)c1C. The van der Waals surface area contributed by atoms with Crippen LogP contribution >= 0.6 is 15.9 Å². The predicted octanol–water partition coefficient (Wildman–Crippen LogP) is 6.00. The molecule has 3 aromatic carbocycles. The second-order valence-electron chi connectivity index (χ2n) is 9.00. The van der Waals surface area contributed by atoms with Crippen LogP contribution in [-0.2, 0) is 16.9 Å². The van der Waals surface area contributed by atoms with Gasteiger partial charge in [0.1, 0.15) is 0 Å². The van der Waals surface area contributed by atoms with Gasteiger partial charge in [0.15, 0.2) is 11.4 Å². The van der Waals surface area contributed by atoms with Crippen molar-refractivity contribution < 1.29 is 14.7 Å². The second-order valence-corrected chi connectivity index (χ2v) is 9.91. The van der Waals surface area contributed by atoms with Crippen LogP contribution in [0.1, 0.15) is 55.7 Å². The Hall–Kier alpha value is -2.76. The van der Waals surface area contributed by atoms with Gasteiger partial charge in [-0.2, -0.15) is 0 Å². The Balaban J connectivity index is 1.77. The van der Waals surface area contributed by atoms with Crippen molar-refractivity contribution in [1.82, 2.24) is 0 Å². The molecule has 3 aromatic rings. The van der Waals surface area contributed by atoms with Crippen molar-refractivity contribution in [2.24, 2.45) is 0 Å². The predicted molar refractivity (Wildman–Crippen MR) is 135 cm³/mol. The maximum atomic E-state index is 13.6. The third-order valence-electron chi connectivity index (χ3n) is 7.17. The van der Waals surface area contributed by atoms with Gasteiger partial charge in [0.25, 0.3) is 5.91 Å². The highest BCUT2D eigenvalue weighted by Crippen LogP contribution is 2.45. The monoisotopic (exact) mass is 505 g/mol. The maximum Gasteiger partial charge on any atom is 0.264 e. The van der Waals surface area contributed by atoms with Crippen molar-refractivity contribution >= 4 is 33.3 Å². The van der Waals surface area contributed by atoms with E-state index in [2.05, 4.69) is 22.9 Å². The largest absolute Gasteiger partial charge is 0.375 e. The summed E-state index contributed by atoms with van der Waals surface area (Å²) in [5.74, 6) is -0.691. The van der Waals surface area contributed by atoms with Crippen molar-refractivity contribution in [1.29, 1.82) is 0 Å². The zero-order valence-electron chi connectivity index (χ0n) is 19.6. The first-order valence-corrected chi connectivity index (χ1v) is 11.8. The van der Waals surface area contributed by atoms with Crippen LogP contribution in [0.15, 0.2) is 53.0 Å². The minimum absolute atomic E-state index is 0.223. The van der Waals surface area contributed by atoms with Crippen molar-refractivity contribution in [2.75, 3.05) is 4.90 Å². The number of anilines is 1. The number of hydrogen-bond acceptors (Lipinski definition) is 3. The van der Waals surface area contributed by atoms with Crippen molar-refractivity contribution in [3.63, 3.8) is 0 Å². The van der Waals surface area contributed by atoms with Crippen LogP contribution in [0, 0.1) is 34.6 Å². The minimum atomic E-state index is -1.92. The number of carbonyl (C=O) groups excluding carboxylic acids is 2. The smallest absolute Gasteiger partial charge is 0.264 e. The number of rotatable bonds is 5. The lowest BCUT2D eigenvalue weighted by molar-refractivity contribution is -0.136. The molecule has 33 heavy (non-hydrogen) atoms. The summed E-state index contributed by atoms with van der Waals surface area (Å²) in [5.41, 5.74) is 5.85. The molecule has 0 aliphatic carbocycles. The number of aliphatic hydroxyl groups is 1. The zero-order chi connectivity index (χ0) is 24.1. The fraction of sp³-hybridized carbons (Fsp3) is 0.286. The molecule has 0 saturated carbocycles. The Morgan fingerprint density at radius 2 is 1.48 bits per heavy atom. The summed E-state index contributed by atoms with van der Waals surface area (Å²) in [6.45, 7) is 10.3. The van der Waals surface area contributed by atoms with Crippen LogP contribution in [-0.4, -0.2) is 16.8 Å². The molecule has 1 unspecified atom stereocenters. The summed E-state index contributed by atoms with van der Waals surface area (Å²) < 4.78 is 0.746. The highest BCUT2D eigenvalue weighted by atomic mass is 79.9. The number of amides is 1. The molecule has 1 amide bonds. The number of nitrogens with zero attached hydrogens (tertiary/aromatic N) is 1. The van der Waals surface area contributed by atoms with Gasteiger partial charge in [0.05, 0.1) is 18.7 Å². The molecule has 5 heteroatoms. The lowest BCUT2D eigenvalue weighted by Crippen LogP contribution is -2.41. The first-order valence-electron chi connectivity index (χ1n) is 11.0. The van der Waals surface area contributed by atoms with E-state index in [-0.39, 0.29) is 12.2 Å². The Morgan fingerprint density at radius 3 is 2.09 bits per heavy atom. The van der Waals surface area contributed by atoms with Crippen LogP contribution in [0.25, 0.3) is 0 Å². The summed E-state index contributed by atoms with van der Waals surface area (Å²) >= 11 is 3.46. The van der Waals surface area contributed by atoms with E-state index in [4.69, 9.17) is 0 Å². The number of hydrogen-bond donors (Lipinski definition) is 1. The molecular weight excluding hydrogens is 478 g/mol. The molecule has 4 rings (SSSR count). The van der Waals surface area contributed by atoms with Crippen LogP contribution in [0.3, 0.4) is 0 Å². The fourth-order valence-corrected chi connectivity index (χ4v) is 5.22. The Bertz CT molecular complexity index is 1250. The number of Topliss-reactive ketones (excluding diaryl/α,β-unsaturated/α-hetero) is 1. The van der Waals surface area contributed by atoms with Crippen molar-refractivity contribution in [2.45, 2.75) is 53.2 Å². The summed E-state index contributed by atoms with van der Waals surface area (Å²) in [6.07, 6.45) is -0.301. The molecule has 0 radical (unpaired) electrons. The summed E-state index contributed by atoms with van der Waals surface area (Å²) in [6, 6.07) is 15.1. The molecule has 0 saturated heterocycles. The number of halogens is 1. The molecule has 0 fully saturated rings. The first kappa shape index (κ1) is 23.4. The Morgan fingerprint density at radius 1 is 0.909 bits per heavy atom. The van der Waals surface area contributed by atoms with Crippen molar-refractivity contribution in [3.05, 3.63) is 97.5 Å². The standard InChI is InChI=1S/C28H28BrNO3/c1-16-17(2)19(4)26(20(5)18(16)3)25(31)14-28(33)23-13-22(29)11-12-24(23)30(27(28)32)15-21-9-7-6-8-10-21/h6-13,33H,14-15H2,1-5H3. The van der Waals surface area contributed by atoms with Gasteiger partial charge in [-0.15, -0.1) is 0 Å². The molecule has 1 aliphatic heterocycles. The molecular formula is C28H28BrNO3. The van der Waals surface area contributed by atoms with Gasteiger partial charge in [-0.05, 0) is 86.2 Å². The van der Waals surface area contributed by atoms with E-state index < -0.39 is 11.5 Å². The maximum absolute atomic E-state index is 13.6. The summed E-state index contributed by atoms with van der Waals surface area (Å²) in [4.78, 5) is 28.8. The average Bonchev–Trinajstić information content (AvgIpc) is 2.98. The average molecular weight is 506 g/mol. The van der Waals surface area contributed by atoms with E-state index >= 15 is 0 Å². The Kier molecular flexibility index (Phi) is 6.06. The van der Waals surface area contributed by atoms with E-state index in [0.29, 0.717) is 23.4 Å². The van der Waals surface area contributed by atoms with Gasteiger partial charge in [-0.3, -0.25) is 9.59 Å². The topological polar surface area (TPSA) is 57.6 Å². The fourth-order valence-electron chi connectivity index (χ4n) is 4.86. The lowest BCUT2D eigenvalue weighted by Gasteiger charge is -2.24. The lowest BCUT2D eigenvalue weighted by atomic mass is 9.82. The van der Waals surface area contributed by atoms with Crippen LogP contribution in [0.5, 0.6) is 0 Å². The third-order valence-corrected chi connectivity index (χ3v) is 7.67. The van der Waals surface area contributed by atoms with E-state index in [1.807, 2.05) is 70.2 Å². The highest BCUT2D eigenvalue weighted by molar-refractivity contribution is 9.10. The van der Waals surface area contributed by atoms with E-state index in [9.17, 15) is 14.7 Å². The van der Waals surface area contributed by atoms with Gasteiger partial charge in [0.2, 0.25) is 0 Å². The quantitative estimate of drug-likeness (QED) is 0.432. The van der Waals surface area contributed by atoms with Crippen LogP contribution in [0.4, 0.5) is 5.69 Å². The van der Waals surface area contributed by atoms with Gasteiger partial charge < -0.3 is 10.0 Å². The molecule has 1 atom stereocenters. The van der Waals surface area contributed by atoms with Gasteiger partial charge in [-0.25, -0.2) is 0 Å². The molecule has 0 aromatic heterocycles. The molecule has 0 bridgehead atoms. The molecule has 1 heterocycles. The number of fused-ring (bicyclic) bond motifs is 1. The zero-order valence-corrected chi connectivity index (χ0v) is 21.2. The Labute approximate surface area is 203 Å². The molecule has 4 nitrogen and oxygen atoms in total. The minimum Gasteiger partial charge on any atom is -0.375 e. The van der Waals surface area contributed by atoms with Gasteiger partial charge in [-0.1, -0.05) is 46.3 Å². The van der Waals surface area contributed by atoms with E-state index in [0.717, 1.165) is 32.3 Å². The van der Waals surface area contributed by atoms with E-state index in [1.165, 1.54) is 5.56 Å². The second kappa shape index (κ2) is 8.54. The highest BCUT2D eigenvalue weighted by Gasteiger charge is 2.51. The third kappa shape index (κ3) is 3.83. The van der Waals surface area contributed by atoms with Gasteiger partial charge in [0, 0.05) is 15.6 Å². The number of ketones is 1. The van der Waals surface area contributed by atoms with Crippen molar-refractivity contribution in [3.8, 4) is 0 Å². The molecule has 0 spiro atoms. The molecule has 1 aliphatic rings. The molecule has 1 N–H and O–H groups in total. The van der Waals surface area contributed by atoms with E-state index in [1.54, 1.807) is 11.0 Å². The normalized spacial score (nSPS) is 17.4. The summed E-state index contributed by atoms with van der Waals surface area (Å²) in [7, 11) is 0.